The molecule has 3 aliphatic rings. The van der Waals surface area contributed by atoms with Gasteiger partial charge in [0.2, 0.25) is 17.7 Å². The number of anilines is 3. The first-order chi connectivity index (χ1) is 28.6. The van der Waals surface area contributed by atoms with Gasteiger partial charge in [-0.1, -0.05) is 18.2 Å². The maximum absolute atomic E-state index is 13.3. The number of ether oxygens (including phenoxy) is 2. The van der Waals surface area contributed by atoms with E-state index in [1.807, 2.05) is 74.5 Å². The number of rotatable bonds is 12. The lowest BCUT2D eigenvalue weighted by atomic mass is 10.0. The van der Waals surface area contributed by atoms with Crippen molar-refractivity contribution >= 4 is 63.7 Å². The Bertz CT molecular complexity index is 2500. The molecule has 0 aliphatic carbocycles. The summed E-state index contributed by atoms with van der Waals surface area (Å²) in [6.07, 6.45) is 8.44. The molecule has 5 amide bonds. The molecule has 2 aromatic heterocycles. The molecule has 15 heteroatoms. The average Bonchev–Trinajstić information content (AvgIpc) is 3.48. The fraction of sp³-hybridized carbons (Fsp3) is 0.273. The Kier molecular flexibility index (Phi) is 11.1. The van der Waals surface area contributed by atoms with E-state index in [0.717, 1.165) is 49.7 Å². The van der Waals surface area contributed by atoms with Crippen molar-refractivity contribution in [2.75, 3.05) is 36.5 Å². The Morgan fingerprint density at radius 2 is 1.73 bits per heavy atom. The molecule has 2 saturated heterocycles. The normalized spacial score (nSPS) is 17.1. The number of carbonyl (C=O) groups is 5. The van der Waals surface area contributed by atoms with Crippen molar-refractivity contribution in [1.29, 1.82) is 0 Å². The van der Waals surface area contributed by atoms with Crippen LogP contribution in [0.5, 0.6) is 11.5 Å². The highest BCUT2D eigenvalue weighted by Crippen LogP contribution is 2.33. The first kappa shape index (κ1) is 38.9. The van der Waals surface area contributed by atoms with Crippen LogP contribution in [0.1, 0.15) is 63.2 Å². The summed E-state index contributed by atoms with van der Waals surface area (Å²) in [5, 5.41) is 9.36. The number of fused-ring (bicyclic) bond motifs is 2. The zero-order chi connectivity index (χ0) is 41.0. The van der Waals surface area contributed by atoms with Crippen molar-refractivity contribution in [2.24, 2.45) is 0 Å². The Morgan fingerprint density at radius 1 is 0.898 bits per heavy atom. The van der Waals surface area contributed by atoms with Gasteiger partial charge in [0, 0.05) is 48.5 Å². The van der Waals surface area contributed by atoms with Crippen LogP contribution >= 0.6 is 0 Å². The second-order valence-corrected chi connectivity index (χ2v) is 14.7. The molecule has 2 fully saturated rings. The van der Waals surface area contributed by atoms with Gasteiger partial charge in [-0.3, -0.25) is 39.2 Å². The van der Waals surface area contributed by atoms with Crippen molar-refractivity contribution < 1.29 is 33.4 Å². The van der Waals surface area contributed by atoms with Crippen molar-refractivity contribution in [3.05, 3.63) is 113 Å². The first-order valence-electron chi connectivity index (χ1n) is 19.5. The van der Waals surface area contributed by atoms with Crippen LogP contribution in [0.3, 0.4) is 0 Å². The monoisotopic (exact) mass is 794 g/mol. The second-order valence-electron chi connectivity index (χ2n) is 14.7. The lowest BCUT2D eigenvalue weighted by Gasteiger charge is -2.33. The Morgan fingerprint density at radius 3 is 2.51 bits per heavy atom. The number of aromatic nitrogens is 3. The highest BCUT2D eigenvalue weighted by Gasteiger charge is 2.44. The van der Waals surface area contributed by atoms with Gasteiger partial charge in [0.1, 0.15) is 36.3 Å². The zero-order valence-corrected chi connectivity index (χ0v) is 32.6. The standard InChI is InChI=1S/C44H42N8O7/c1-26-20-29(7-13-38(26)59-32-9-5-27(2)46-23-32)49-41-35-21-28(6-11-36(35)47-25-48-41)4-3-17-45-40(54)24-58-31-15-18-51(19-16-31)30-8-10-33-34(22-30)44(57)52(43(33)56)37-12-14-39(53)50-42(37)55/h3-11,13,20-23,25,31,37H,12,14-19,24H2,1-2H3,(H,45,54)(H,47,48,49)(H,50,53,55). The van der Waals surface area contributed by atoms with Crippen LogP contribution < -0.4 is 25.6 Å². The lowest BCUT2D eigenvalue weighted by molar-refractivity contribution is -0.136. The summed E-state index contributed by atoms with van der Waals surface area (Å²) < 4.78 is 12.0. The SMILES string of the molecule is Cc1ccc(Oc2ccc(Nc3ncnc4ccc(C=CCNC(=O)COC5CCN(c6ccc7c(c6)C(=O)N(C6CCC(=O)NC6=O)C7=O)CC5)cc34)cc2C)cn1. The van der Waals surface area contributed by atoms with Gasteiger partial charge in [-0.05, 0) is 105 Å². The number of hydrogen-bond donors (Lipinski definition) is 3. The van der Waals surface area contributed by atoms with Crippen LogP contribution in [0.4, 0.5) is 17.2 Å². The molecular formula is C44H42N8O7. The third-order valence-electron chi connectivity index (χ3n) is 10.6. The number of amides is 5. The molecule has 3 aromatic carbocycles. The molecule has 0 radical (unpaired) electrons. The number of piperidine rings is 2. The number of nitrogens with zero attached hydrogens (tertiary/aromatic N) is 5. The summed E-state index contributed by atoms with van der Waals surface area (Å²) in [4.78, 5) is 79.3. The first-order valence-corrected chi connectivity index (χ1v) is 19.5. The summed E-state index contributed by atoms with van der Waals surface area (Å²) >= 11 is 0. The number of benzene rings is 3. The van der Waals surface area contributed by atoms with Crippen molar-refractivity contribution in [3.8, 4) is 11.5 Å². The zero-order valence-electron chi connectivity index (χ0n) is 32.6. The fourth-order valence-electron chi connectivity index (χ4n) is 7.45. The number of hydrogen-bond acceptors (Lipinski definition) is 12. The molecule has 0 bridgehead atoms. The van der Waals surface area contributed by atoms with Gasteiger partial charge in [-0.25, -0.2) is 9.97 Å². The smallest absolute Gasteiger partial charge is 0.262 e. The molecule has 5 aromatic rings. The van der Waals surface area contributed by atoms with E-state index < -0.39 is 29.7 Å². The third kappa shape index (κ3) is 8.65. The molecular weight excluding hydrogens is 753 g/mol. The van der Waals surface area contributed by atoms with Crippen LogP contribution in [0.25, 0.3) is 17.0 Å². The highest BCUT2D eigenvalue weighted by atomic mass is 16.5. The molecule has 59 heavy (non-hydrogen) atoms. The van der Waals surface area contributed by atoms with Crippen molar-refractivity contribution in [2.45, 2.75) is 51.7 Å². The van der Waals surface area contributed by atoms with Gasteiger partial charge in [-0.2, -0.15) is 0 Å². The van der Waals surface area contributed by atoms with Gasteiger partial charge in [0.15, 0.2) is 0 Å². The molecule has 1 unspecified atom stereocenters. The Balaban J connectivity index is 0.794. The van der Waals surface area contributed by atoms with Crippen LogP contribution in [0.2, 0.25) is 0 Å². The number of nitrogens with one attached hydrogen (secondary N) is 3. The summed E-state index contributed by atoms with van der Waals surface area (Å²) in [5.74, 6) is -0.276. The minimum Gasteiger partial charge on any atom is -0.455 e. The number of imide groups is 2. The van der Waals surface area contributed by atoms with Crippen LogP contribution in [0.15, 0.2) is 85.3 Å². The van der Waals surface area contributed by atoms with Crippen LogP contribution in [0, 0.1) is 13.8 Å². The van der Waals surface area contributed by atoms with Gasteiger partial charge >= 0.3 is 0 Å². The van der Waals surface area contributed by atoms with Crippen LogP contribution in [-0.2, 0) is 19.1 Å². The maximum atomic E-state index is 13.3. The molecule has 0 saturated carbocycles. The molecule has 0 spiro atoms. The Hall–Kier alpha value is -7.00. The van der Waals surface area contributed by atoms with E-state index in [1.54, 1.807) is 24.4 Å². The molecule has 3 N–H and O–H groups in total. The quantitative estimate of drug-likeness (QED) is 0.137. The summed E-state index contributed by atoms with van der Waals surface area (Å²) in [6, 6.07) is 19.6. The number of carbonyl (C=O) groups excluding carboxylic acids is 5. The molecule has 300 valence electrons. The van der Waals surface area contributed by atoms with Gasteiger partial charge in [0.25, 0.3) is 11.8 Å². The van der Waals surface area contributed by atoms with E-state index in [1.165, 1.54) is 6.33 Å². The molecule has 15 nitrogen and oxygen atoms in total. The minimum atomic E-state index is -1.01. The molecule has 3 aliphatic heterocycles. The van der Waals surface area contributed by atoms with E-state index >= 15 is 0 Å². The van der Waals surface area contributed by atoms with E-state index in [4.69, 9.17) is 9.47 Å². The van der Waals surface area contributed by atoms with E-state index in [2.05, 4.69) is 35.8 Å². The van der Waals surface area contributed by atoms with Crippen molar-refractivity contribution in [3.63, 3.8) is 0 Å². The van der Waals surface area contributed by atoms with E-state index in [9.17, 15) is 24.0 Å². The summed E-state index contributed by atoms with van der Waals surface area (Å²) in [6.45, 7) is 5.43. The van der Waals surface area contributed by atoms with Gasteiger partial charge in [-0.15, -0.1) is 0 Å². The predicted octanol–water partition coefficient (Wildman–Crippen LogP) is 5.39. The van der Waals surface area contributed by atoms with Crippen molar-refractivity contribution in [1.82, 2.24) is 30.5 Å². The Labute approximate surface area is 339 Å². The van der Waals surface area contributed by atoms with Gasteiger partial charge < -0.3 is 25.0 Å². The molecule has 8 rings (SSSR count). The fourth-order valence-corrected chi connectivity index (χ4v) is 7.45. The van der Waals surface area contributed by atoms with Gasteiger partial charge in [0.05, 0.1) is 28.9 Å². The van der Waals surface area contributed by atoms with E-state index in [0.29, 0.717) is 44.0 Å². The number of pyridine rings is 1. The average molecular weight is 795 g/mol. The number of aryl methyl sites for hydroxylation is 2. The predicted molar refractivity (Wildman–Crippen MR) is 219 cm³/mol. The highest BCUT2D eigenvalue weighted by molar-refractivity contribution is 6.23. The second kappa shape index (κ2) is 16.8. The maximum Gasteiger partial charge on any atom is 0.262 e. The topological polar surface area (TPSA) is 185 Å². The minimum absolute atomic E-state index is 0.0660. The largest absolute Gasteiger partial charge is 0.455 e. The molecule has 5 heterocycles. The van der Waals surface area contributed by atoms with Crippen LogP contribution in [-0.4, -0.2) is 87.8 Å². The lowest BCUT2D eigenvalue weighted by Crippen LogP contribution is -2.54. The van der Waals surface area contributed by atoms with E-state index in [-0.39, 0.29) is 42.6 Å². The molecule has 1 atom stereocenters. The summed E-state index contributed by atoms with van der Waals surface area (Å²) in [5.41, 5.74) is 5.71. The summed E-state index contributed by atoms with van der Waals surface area (Å²) in [7, 11) is 0. The third-order valence-corrected chi connectivity index (χ3v) is 10.6.